The van der Waals surface area contributed by atoms with Crippen LogP contribution in [-0.4, -0.2) is 11.1 Å². The van der Waals surface area contributed by atoms with Crippen molar-refractivity contribution in [2.45, 2.75) is 11.4 Å². The summed E-state index contributed by atoms with van der Waals surface area (Å²) in [6.07, 6.45) is 9.93. The highest BCUT2D eigenvalue weighted by Gasteiger charge is 2.31. The van der Waals surface area contributed by atoms with Crippen LogP contribution >= 0.6 is 15.9 Å². The molecule has 0 saturated heterocycles. The van der Waals surface area contributed by atoms with Gasteiger partial charge >= 0.3 is 0 Å². The Kier molecular flexibility index (Phi) is 3.29. The molecule has 0 aromatic carbocycles. The fourth-order valence-corrected chi connectivity index (χ4v) is 1.94. The van der Waals surface area contributed by atoms with Crippen molar-refractivity contribution in [3.63, 3.8) is 0 Å². The standard InChI is InChI=1S/C10H13BrO/c1-3-9-7-5-6-8-10(9,11)12-4-2/h3,5-9H,1,4H2,2H3. The molecule has 1 aliphatic carbocycles. The van der Waals surface area contributed by atoms with E-state index in [-0.39, 0.29) is 10.4 Å². The Bertz CT molecular complexity index is 220. The molecule has 2 unspecified atom stereocenters. The van der Waals surface area contributed by atoms with Crippen LogP contribution in [0.2, 0.25) is 0 Å². The minimum absolute atomic E-state index is 0.211. The number of rotatable bonds is 3. The quantitative estimate of drug-likeness (QED) is 0.533. The third-order valence-corrected chi connectivity index (χ3v) is 2.85. The van der Waals surface area contributed by atoms with E-state index in [9.17, 15) is 0 Å². The van der Waals surface area contributed by atoms with Crippen LogP contribution in [0, 0.1) is 5.92 Å². The van der Waals surface area contributed by atoms with Crippen LogP contribution in [0.5, 0.6) is 0 Å². The van der Waals surface area contributed by atoms with Crippen LogP contribution in [0.25, 0.3) is 0 Å². The molecule has 1 rings (SSSR count). The molecule has 0 fully saturated rings. The van der Waals surface area contributed by atoms with Gasteiger partial charge in [0.15, 0.2) is 4.51 Å². The highest BCUT2D eigenvalue weighted by atomic mass is 79.9. The normalized spacial score (nSPS) is 33.7. The molecule has 1 nitrogen and oxygen atoms in total. The summed E-state index contributed by atoms with van der Waals surface area (Å²) in [5, 5.41) is 0. The van der Waals surface area contributed by atoms with Gasteiger partial charge in [0.05, 0.1) is 0 Å². The first-order valence-corrected chi connectivity index (χ1v) is 4.83. The lowest BCUT2D eigenvalue weighted by molar-refractivity contribution is 0.0571. The van der Waals surface area contributed by atoms with Crippen molar-refractivity contribution in [1.29, 1.82) is 0 Å². The van der Waals surface area contributed by atoms with Gasteiger partial charge in [-0.15, -0.1) is 6.58 Å². The Morgan fingerprint density at radius 1 is 1.67 bits per heavy atom. The Hall–Kier alpha value is -0.340. The van der Waals surface area contributed by atoms with Crippen molar-refractivity contribution in [2.75, 3.05) is 6.61 Å². The summed E-state index contributed by atoms with van der Waals surface area (Å²) < 4.78 is 5.20. The molecule has 0 aromatic heterocycles. The van der Waals surface area contributed by atoms with E-state index in [1.165, 1.54) is 0 Å². The second-order valence-corrected chi connectivity index (χ2v) is 3.88. The molecular weight excluding hydrogens is 216 g/mol. The number of allylic oxidation sites excluding steroid dienone is 2. The van der Waals surface area contributed by atoms with E-state index in [2.05, 4.69) is 28.6 Å². The lowest BCUT2D eigenvalue weighted by Crippen LogP contribution is -2.31. The van der Waals surface area contributed by atoms with E-state index >= 15 is 0 Å². The van der Waals surface area contributed by atoms with E-state index in [4.69, 9.17) is 4.74 Å². The SMILES string of the molecule is C=CC1C=CC=CC1(Br)OCC. The molecule has 0 aliphatic heterocycles. The van der Waals surface area contributed by atoms with Gasteiger partial charge in [-0.25, -0.2) is 0 Å². The van der Waals surface area contributed by atoms with Gasteiger partial charge in [-0.05, 0) is 28.9 Å². The second kappa shape index (κ2) is 4.06. The summed E-state index contributed by atoms with van der Waals surface area (Å²) in [5.41, 5.74) is 0. The first kappa shape index (κ1) is 9.75. The number of hydrogen-bond acceptors (Lipinski definition) is 1. The zero-order chi connectivity index (χ0) is 9.03. The third kappa shape index (κ3) is 1.87. The van der Waals surface area contributed by atoms with E-state index in [0.717, 1.165) is 0 Å². The summed E-state index contributed by atoms with van der Waals surface area (Å²) in [4.78, 5) is 0. The van der Waals surface area contributed by atoms with Gasteiger partial charge in [0.2, 0.25) is 0 Å². The van der Waals surface area contributed by atoms with E-state index in [1.807, 2.05) is 31.2 Å². The molecule has 66 valence electrons. The van der Waals surface area contributed by atoms with Crippen LogP contribution in [0.15, 0.2) is 37.0 Å². The molecule has 0 heterocycles. The van der Waals surface area contributed by atoms with Crippen LogP contribution in [0.3, 0.4) is 0 Å². The highest BCUT2D eigenvalue weighted by Crippen LogP contribution is 2.35. The fourth-order valence-electron chi connectivity index (χ4n) is 1.22. The van der Waals surface area contributed by atoms with Crippen LogP contribution in [0.4, 0.5) is 0 Å². The second-order valence-electron chi connectivity index (χ2n) is 2.64. The maximum Gasteiger partial charge on any atom is 0.151 e. The topological polar surface area (TPSA) is 9.23 Å². The van der Waals surface area contributed by atoms with Gasteiger partial charge in [0.1, 0.15) is 0 Å². The maximum absolute atomic E-state index is 5.58. The fraction of sp³-hybridized carbons (Fsp3) is 0.400. The molecule has 0 radical (unpaired) electrons. The molecule has 12 heavy (non-hydrogen) atoms. The molecule has 0 N–H and O–H groups in total. The van der Waals surface area contributed by atoms with Crippen molar-refractivity contribution < 1.29 is 4.74 Å². The van der Waals surface area contributed by atoms with E-state index < -0.39 is 0 Å². The lowest BCUT2D eigenvalue weighted by Gasteiger charge is -2.30. The number of hydrogen-bond donors (Lipinski definition) is 0. The van der Waals surface area contributed by atoms with Crippen molar-refractivity contribution in [1.82, 2.24) is 0 Å². The minimum Gasteiger partial charge on any atom is -0.359 e. The number of halogens is 1. The average Bonchev–Trinajstić information content (AvgIpc) is 2.05. The molecule has 0 bridgehead atoms. The van der Waals surface area contributed by atoms with Gasteiger partial charge in [-0.3, -0.25) is 0 Å². The van der Waals surface area contributed by atoms with Crippen molar-refractivity contribution >= 4 is 15.9 Å². The van der Waals surface area contributed by atoms with E-state index in [0.29, 0.717) is 6.61 Å². The van der Waals surface area contributed by atoms with Crippen LogP contribution in [-0.2, 0) is 4.74 Å². The molecule has 2 atom stereocenters. The predicted octanol–water partition coefficient (Wildman–Crippen LogP) is 3.04. The Labute approximate surface area is 81.9 Å². The Morgan fingerprint density at radius 2 is 2.42 bits per heavy atom. The first-order chi connectivity index (χ1) is 5.73. The van der Waals surface area contributed by atoms with Crippen molar-refractivity contribution in [3.05, 3.63) is 37.0 Å². The van der Waals surface area contributed by atoms with E-state index in [1.54, 1.807) is 0 Å². The first-order valence-electron chi connectivity index (χ1n) is 4.04. The monoisotopic (exact) mass is 228 g/mol. The molecule has 1 aliphatic rings. The van der Waals surface area contributed by atoms with Crippen molar-refractivity contribution in [3.8, 4) is 0 Å². The summed E-state index contributed by atoms with van der Waals surface area (Å²) in [7, 11) is 0. The summed E-state index contributed by atoms with van der Waals surface area (Å²) >= 11 is 3.55. The highest BCUT2D eigenvalue weighted by molar-refractivity contribution is 9.10. The lowest BCUT2D eigenvalue weighted by atomic mass is 9.97. The zero-order valence-corrected chi connectivity index (χ0v) is 8.75. The molecule has 0 amide bonds. The van der Waals surface area contributed by atoms with Gasteiger partial charge in [0, 0.05) is 12.5 Å². The molecular formula is C10H13BrO. The summed E-state index contributed by atoms with van der Waals surface area (Å²) in [6.45, 7) is 6.44. The molecule has 0 spiro atoms. The zero-order valence-electron chi connectivity index (χ0n) is 7.16. The smallest absolute Gasteiger partial charge is 0.151 e. The maximum atomic E-state index is 5.58. The molecule has 0 aromatic rings. The van der Waals surface area contributed by atoms with Gasteiger partial charge in [0.25, 0.3) is 0 Å². The number of alkyl halides is 1. The van der Waals surface area contributed by atoms with Crippen molar-refractivity contribution in [2.24, 2.45) is 5.92 Å². The van der Waals surface area contributed by atoms with Gasteiger partial charge in [-0.2, -0.15) is 0 Å². The number of ether oxygens (including phenoxy) is 1. The third-order valence-electron chi connectivity index (χ3n) is 1.83. The largest absolute Gasteiger partial charge is 0.359 e. The van der Waals surface area contributed by atoms with Gasteiger partial charge < -0.3 is 4.74 Å². The summed E-state index contributed by atoms with van der Waals surface area (Å²) in [6, 6.07) is 0. The predicted molar refractivity (Wildman–Crippen MR) is 55.3 cm³/mol. The van der Waals surface area contributed by atoms with Crippen LogP contribution in [0.1, 0.15) is 6.92 Å². The van der Waals surface area contributed by atoms with Gasteiger partial charge in [-0.1, -0.05) is 24.3 Å². The minimum atomic E-state index is -0.377. The Balaban J connectivity index is 2.78. The summed E-state index contributed by atoms with van der Waals surface area (Å²) in [5.74, 6) is 0.211. The molecule has 0 saturated carbocycles. The van der Waals surface area contributed by atoms with Crippen LogP contribution < -0.4 is 0 Å². The Morgan fingerprint density at radius 3 is 3.00 bits per heavy atom. The average molecular weight is 229 g/mol. The molecule has 2 heteroatoms.